The van der Waals surface area contributed by atoms with E-state index in [1.165, 1.54) is 46.8 Å². The lowest BCUT2D eigenvalue weighted by atomic mass is 10.1. The van der Waals surface area contributed by atoms with Gasteiger partial charge in [0.25, 0.3) is 11.8 Å². The van der Waals surface area contributed by atoms with E-state index in [0.29, 0.717) is 5.75 Å². The van der Waals surface area contributed by atoms with Gasteiger partial charge in [-0.2, -0.15) is 5.26 Å². The number of nitrogens with zero attached hydrogens (tertiary/aromatic N) is 3. The number of aromatic nitrogens is 1. The molecule has 0 aromatic carbocycles. The van der Waals surface area contributed by atoms with E-state index < -0.39 is 66.6 Å². The minimum atomic E-state index is -3.19. The number of carboxylic acids is 1. The summed E-state index contributed by atoms with van der Waals surface area (Å²) >= 11 is 0. The molecule has 0 bridgehead atoms. The van der Waals surface area contributed by atoms with Crippen molar-refractivity contribution < 1.29 is 47.4 Å². The predicted octanol–water partition coefficient (Wildman–Crippen LogP) is 1.51. The Morgan fingerprint density at radius 1 is 1.15 bits per heavy atom. The van der Waals surface area contributed by atoms with Crippen molar-refractivity contribution in [1.82, 2.24) is 25.8 Å². The summed E-state index contributed by atoms with van der Waals surface area (Å²) in [7, 11) is 2.49. The molecular formula is C28H36F2N6O8S2. The van der Waals surface area contributed by atoms with Crippen molar-refractivity contribution in [3.05, 3.63) is 29.6 Å². The Bertz CT molecular complexity index is 1330. The highest BCUT2D eigenvalue weighted by atomic mass is 33.1. The van der Waals surface area contributed by atoms with Crippen molar-refractivity contribution in [3.63, 3.8) is 0 Å². The molecule has 0 radical (unpaired) electrons. The standard InChI is InChI=1S/C28H36F2N6O8S2/c1-16(2)27(43)44-8-9-45-46-14-21(26(41)42)35-23(38)5-4-22(37)33-13-19-10-18(6-7-32-19)24(39)34-17(3)25(40)36-15-28(29,30)11-20(36)12-31/h6-7,10,16-17,20-21H,4-5,8-9,11,13-15H2,1-3H3,(H,33,37)(H,34,39)(H,35,38)(H,41,42)/t17-,20+,21?/m1/s1. The van der Waals surface area contributed by atoms with Gasteiger partial charge in [0.1, 0.15) is 24.7 Å². The van der Waals surface area contributed by atoms with Crippen molar-refractivity contribution in [2.45, 2.75) is 70.6 Å². The van der Waals surface area contributed by atoms with Crippen LogP contribution in [0.4, 0.5) is 8.78 Å². The number of carbonyl (C=O) groups excluding carboxylic acids is 5. The van der Waals surface area contributed by atoms with Crippen LogP contribution in [0.2, 0.25) is 0 Å². The van der Waals surface area contributed by atoms with E-state index in [1.54, 1.807) is 19.9 Å². The third-order valence-corrected chi connectivity index (χ3v) is 8.76. The SMILES string of the molecule is CC(C)C(=O)OCCSSCC(NC(=O)CCC(=O)NCc1cc(C(=O)N[C@H](C)C(=O)N2CC(F)(F)C[C@H]2C#N)ccn1)C(=O)O. The number of hydrogen-bond donors (Lipinski definition) is 4. The summed E-state index contributed by atoms with van der Waals surface area (Å²) in [5.41, 5.74) is 0.349. The van der Waals surface area contributed by atoms with Gasteiger partial charge in [-0.3, -0.25) is 29.0 Å². The van der Waals surface area contributed by atoms with Crippen molar-refractivity contribution in [2.75, 3.05) is 24.7 Å². The molecule has 0 saturated carbocycles. The number of esters is 1. The minimum Gasteiger partial charge on any atom is -0.480 e. The van der Waals surface area contributed by atoms with Crippen LogP contribution in [0, 0.1) is 17.2 Å². The maximum Gasteiger partial charge on any atom is 0.327 e. The lowest BCUT2D eigenvalue weighted by Crippen LogP contribution is -2.48. The van der Waals surface area contributed by atoms with Crippen molar-refractivity contribution in [3.8, 4) is 6.07 Å². The molecule has 4 amide bonds. The van der Waals surface area contributed by atoms with Gasteiger partial charge in [0, 0.05) is 42.5 Å². The summed E-state index contributed by atoms with van der Waals surface area (Å²) in [4.78, 5) is 77.6. The first-order valence-electron chi connectivity index (χ1n) is 14.2. The number of amides is 4. The number of likely N-dealkylation sites (tertiary alicyclic amines) is 1. The number of ether oxygens (including phenoxy) is 1. The normalized spacial score (nSPS) is 16.5. The van der Waals surface area contributed by atoms with E-state index in [4.69, 9.17) is 10.00 Å². The fourth-order valence-electron chi connectivity index (χ4n) is 3.93. The van der Waals surface area contributed by atoms with Crippen molar-refractivity contribution in [2.24, 2.45) is 5.92 Å². The van der Waals surface area contributed by atoms with Crippen LogP contribution in [0.15, 0.2) is 18.3 Å². The second kappa shape index (κ2) is 18.2. The first-order chi connectivity index (χ1) is 21.6. The number of nitriles is 1. The molecule has 1 saturated heterocycles. The second-order valence-corrected chi connectivity index (χ2v) is 13.2. The molecule has 4 N–H and O–H groups in total. The zero-order chi connectivity index (χ0) is 34.4. The van der Waals surface area contributed by atoms with Crippen LogP contribution in [0.5, 0.6) is 0 Å². The number of halogens is 2. The molecule has 2 heterocycles. The summed E-state index contributed by atoms with van der Waals surface area (Å²) in [5.74, 6) is -7.21. The third kappa shape index (κ3) is 12.8. The quantitative estimate of drug-likeness (QED) is 0.105. The molecule has 14 nitrogen and oxygen atoms in total. The van der Waals surface area contributed by atoms with Crippen LogP contribution in [0.1, 0.15) is 56.1 Å². The number of rotatable bonds is 17. The lowest BCUT2D eigenvalue weighted by Gasteiger charge is -2.23. The minimum absolute atomic E-state index is 0.0488. The average molecular weight is 687 g/mol. The van der Waals surface area contributed by atoms with Crippen LogP contribution in [0.25, 0.3) is 0 Å². The number of hydrogen-bond acceptors (Lipinski definition) is 11. The van der Waals surface area contributed by atoms with Gasteiger partial charge in [0.05, 0.1) is 30.8 Å². The lowest BCUT2D eigenvalue weighted by molar-refractivity contribution is -0.146. The Kier molecular flexibility index (Phi) is 15.1. The summed E-state index contributed by atoms with van der Waals surface area (Å²) in [6, 6.07) is 0.692. The fourth-order valence-corrected chi connectivity index (χ4v) is 5.92. The summed E-state index contributed by atoms with van der Waals surface area (Å²) in [5, 5.41) is 25.8. The van der Waals surface area contributed by atoms with Gasteiger partial charge >= 0.3 is 11.9 Å². The van der Waals surface area contributed by atoms with Crippen LogP contribution >= 0.6 is 21.6 Å². The topological polar surface area (TPSA) is 208 Å². The first-order valence-corrected chi connectivity index (χ1v) is 16.7. The Labute approximate surface area is 272 Å². The van der Waals surface area contributed by atoms with E-state index in [0.717, 1.165) is 4.90 Å². The van der Waals surface area contributed by atoms with E-state index in [-0.39, 0.29) is 54.9 Å². The molecule has 46 heavy (non-hydrogen) atoms. The molecule has 1 fully saturated rings. The van der Waals surface area contributed by atoms with Crippen LogP contribution in [-0.4, -0.2) is 99.3 Å². The highest BCUT2D eigenvalue weighted by Gasteiger charge is 2.48. The van der Waals surface area contributed by atoms with Gasteiger partial charge in [-0.05, 0) is 19.1 Å². The van der Waals surface area contributed by atoms with Gasteiger partial charge in [0.15, 0.2) is 0 Å². The molecule has 1 aliphatic heterocycles. The molecule has 1 aromatic rings. The maximum absolute atomic E-state index is 13.7. The van der Waals surface area contributed by atoms with Crippen LogP contribution in [0.3, 0.4) is 0 Å². The number of aliphatic carboxylic acids is 1. The van der Waals surface area contributed by atoms with E-state index >= 15 is 0 Å². The molecule has 1 unspecified atom stereocenters. The maximum atomic E-state index is 13.7. The number of carboxylic acid groups (broad SMARTS) is 1. The molecule has 3 atom stereocenters. The zero-order valence-corrected chi connectivity index (χ0v) is 27.1. The Morgan fingerprint density at radius 3 is 2.50 bits per heavy atom. The molecule has 18 heteroatoms. The van der Waals surface area contributed by atoms with Crippen molar-refractivity contribution >= 4 is 57.2 Å². The Morgan fingerprint density at radius 2 is 1.85 bits per heavy atom. The summed E-state index contributed by atoms with van der Waals surface area (Å²) in [6.45, 7) is 3.89. The largest absolute Gasteiger partial charge is 0.480 e. The third-order valence-electron chi connectivity index (χ3n) is 6.38. The molecule has 1 aromatic heterocycles. The predicted molar refractivity (Wildman–Crippen MR) is 163 cm³/mol. The number of carbonyl (C=O) groups is 6. The summed E-state index contributed by atoms with van der Waals surface area (Å²) < 4.78 is 32.4. The van der Waals surface area contributed by atoms with Gasteiger partial charge in [0.2, 0.25) is 17.7 Å². The molecule has 0 aliphatic carbocycles. The van der Waals surface area contributed by atoms with Crippen molar-refractivity contribution in [1.29, 1.82) is 5.26 Å². The number of alkyl halides is 2. The summed E-state index contributed by atoms with van der Waals surface area (Å²) in [6.07, 6.45) is -0.0118. The Hall–Kier alpha value is -3.98. The fraction of sp³-hybridized carbons (Fsp3) is 0.571. The molecule has 252 valence electrons. The van der Waals surface area contributed by atoms with Crippen LogP contribution in [-0.2, 0) is 35.3 Å². The van der Waals surface area contributed by atoms with E-state index in [1.807, 2.05) is 0 Å². The smallest absolute Gasteiger partial charge is 0.327 e. The molecule has 2 rings (SSSR count). The van der Waals surface area contributed by atoms with Gasteiger partial charge < -0.3 is 30.7 Å². The van der Waals surface area contributed by atoms with E-state index in [2.05, 4.69) is 20.9 Å². The van der Waals surface area contributed by atoms with E-state index in [9.17, 15) is 42.7 Å². The Balaban J connectivity index is 1.76. The van der Waals surface area contributed by atoms with Gasteiger partial charge in [-0.25, -0.2) is 13.6 Å². The van der Waals surface area contributed by atoms with Gasteiger partial charge in [-0.15, -0.1) is 0 Å². The van der Waals surface area contributed by atoms with Gasteiger partial charge in [-0.1, -0.05) is 35.4 Å². The number of pyridine rings is 1. The van der Waals surface area contributed by atoms with Crippen LogP contribution < -0.4 is 16.0 Å². The second-order valence-electron chi connectivity index (χ2n) is 10.6. The highest BCUT2D eigenvalue weighted by Crippen LogP contribution is 2.32. The molecular weight excluding hydrogens is 650 g/mol. The molecule has 1 aliphatic rings. The monoisotopic (exact) mass is 686 g/mol. The number of nitrogens with one attached hydrogen (secondary N) is 3. The molecule has 0 spiro atoms. The average Bonchev–Trinajstić information content (AvgIpc) is 3.33. The highest BCUT2D eigenvalue weighted by molar-refractivity contribution is 8.76. The first kappa shape index (κ1) is 38.2. The zero-order valence-electron chi connectivity index (χ0n) is 25.4.